The Hall–Kier alpha value is -2.62. The Kier molecular flexibility index (Phi) is 3.37. The molecule has 116 valence electrons. The minimum atomic E-state index is 0.383. The quantitative estimate of drug-likeness (QED) is 0.570. The molecule has 0 aliphatic carbocycles. The summed E-state index contributed by atoms with van der Waals surface area (Å²) in [6, 6.07) is 14.9. The average Bonchev–Trinajstić information content (AvgIpc) is 3.17. The van der Waals surface area contributed by atoms with Crippen molar-refractivity contribution in [1.29, 1.82) is 0 Å². The summed E-state index contributed by atoms with van der Waals surface area (Å²) in [4.78, 5) is 0. The summed E-state index contributed by atoms with van der Waals surface area (Å²) in [5.41, 5.74) is 4.68. The molecule has 3 heterocycles. The zero-order valence-corrected chi connectivity index (χ0v) is 13.5. The molecule has 1 aromatic carbocycles. The smallest absolute Gasteiger partial charge is 0.0923 e. The van der Waals surface area contributed by atoms with E-state index in [1.165, 1.54) is 10.9 Å². The van der Waals surface area contributed by atoms with E-state index in [2.05, 4.69) is 60.6 Å². The minimum absolute atomic E-state index is 0.383. The first kappa shape index (κ1) is 14.0. The van der Waals surface area contributed by atoms with Gasteiger partial charge in [0.05, 0.1) is 16.7 Å². The molecule has 23 heavy (non-hydrogen) atoms. The fourth-order valence-electron chi connectivity index (χ4n) is 3.07. The Morgan fingerprint density at radius 1 is 1.09 bits per heavy atom. The van der Waals surface area contributed by atoms with Crippen molar-refractivity contribution in [3.8, 4) is 0 Å². The van der Waals surface area contributed by atoms with Crippen LogP contribution in [0, 0.1) is 0 Å². The molecule has 0 spiro atoms. The normalized spacial score (nSPS) is 13.0. The average molecular weight is 304 g/mol. The molecule has 0 N–H and O–H groups in total. The highest BCUT2D eigenvalue weighted by Gasteiger charge is 2.12. The third-order valence-corrected chi connectivity index (χ3v) is 4.38. The second-order valence-electron chi connectivity index (χ2n) is 6.12. The number of aromatic nitrogens is 4. The summed E-state index contributed by atoms with van der Waals surface area (Å²) in [7, 11) is 0. The van der Waals surface area contributed by atoms with Gasteiger partial charge in [0.2, 0.25) is 0 Å². The minimum Gasteiger partial charge on any atom is -0.272 e. The Morgan fingerprint density at radius 3 is 2.83 bits per heavy atom. The fourth-order valence-corrected chi connectivity index (χ4v) is 3.07. The van der Waals surface area contributed by atoms with Gasteiger partial charge in [0.15, 0.2) is 0 Å². The van der Waals surface area contributed by atoms with E-state index in [0.717, 1.165) is 29.7 Å². The number of fused-ring (bicyclic) bond motifs is 2. The Morgan fingerprint density at radius 2 is 2.00 bits per heavy atom. The van der Waals surface area contributed by atoms with Gasteiger partial charge in [0, 0.05) is 30.2 Å². The van der Waals surface area contributed by atoms with Gasteiger partial charge < -0.3 is 0 Å². The first-order valence-electron chi connectivity index (χ1n) is 8.13. The van der Waals surface area contributed by atoms with Crippen LogP contribution in [0.5, 0.6) is 0 Å². The lowest BCUT2D eigenvalue weighted by Gasteiger charge is -2.08. The standard InChI is InChI=1S/C19H20N4/c1-3-22-13-16-11-15(7-8-18(16)20-22)10-14(2)19-12-17-6-4-5-9-23(17)21-19/h4-9,11-14H,3,10H2,1-2H3. The lowest BCUT2D eigenvalue weighted by molar-refractivity contribution is 0.668. The number of nitrogens with zero attached hydrogens (tertiary/aromatic N) is 4. The largest absolute Gasteiger partial charge is 0.272 e. The van der Waals surface area contributed by atoms with Crippen LogP contribution in [0.3, 0.4) is 0 Å². The molecule has 0 saturated carbocycles. The zero-order valence-electron chi connectivity index (χ0n) is 13.5. The molecule has 0 amide bonds. The van der Waals surface area contributed by atoms with Crippen LogP contribution in [0.4, 0.5) is 0 Å². The highest BCUT2D eigenvalue weighted by atomic mass is 15.3. The topological polar surface area (TPSA) is 35.1 Å². The molecule has 0 radical (unpaired) electrons. The molecule has 0 fully saturated rings. The lowest BCUT2D eigenvalue weighted by atomic mass is 9.97. The van der Waals surface area contributed by atoms with Crippen molar-refractivity contribution in [2.45, 2.75) is 32.7 Å². The van der Waals surface area contributed by atoms with E-state index < -0.39 is 0 Å². The van der Waals surface area contributed by atoms with Crippen LogP contribution in [0.2, 0.25) is 0 Å². The van der Waals surface area contributed by atoms with Gasteiger partial charge in [0.25, 0.3) is 0 Å². The van der Waals surface area contributed by atoms with Gasteiger partial charge in [-0.05, 0) is 49.2 Å². The second-order valence-corrected chi connectivity index (χ2v) is 6.12. The van der Waals surface area contributed by atoms with Crippen molar-refractivity contribution >= 4 is 16.4 Å². The van der Waals surface area contributed by atoms with E-state index in [1.807, 2.05) is 27.5 Å². The summed E-state index contributed by atoms with van der Waals surface area (Å²) in [6.45, 7) is 5.25. The summed E-state index contributed by atoms with van der Waals surface area (Å²) >= 11 is 0. The Bertz CT molecular complexity index is 931. The third-order valence-electron chi connectivity index (χ3n) is 4.38. The van der Waals surface area contributed by atoms with Crippen molar-refractivity contribution in [3.05, 3.63) is 66.1 Å². The van der Waals surface area contributed by atoms with Crippen LogP contribution in [-0.4, -0.2) is 19.4 Å². The number of pyridine rings is 1. The van der Waals surface area contributed by atoms with E-state index in [0.29, 0.717) is 5.92 Å². The van der Waals surface area contributed by atoms with Crippen LogP contribution in [-0.2, 0) is 13.0 Å². The van der Waals surface area contributed by atoms with Gasteiger partial charge in [-0.1, -0.05) is 19.1 Å². The molecule has 1 atom stereocenters. The van der Waals surface area contributed by atoms with E-state index >= 15 is 0 Å². The third kappa shape index (κ3) is 2.61. The van der Waals surface area contributed by atoms with Crippen molar-refractivity contribution in [3.63, 3.8) is 0 Å². The van der Waals surface area contributed by atoms with Crippen LogP contribution in [0.1, 0.15) is 31.0 Å². The van der Waals surface area contributed by atoms with Crippen LogP contribution in [0.25, 0.3) is 16.4 Å². The molecule has 0 aliphatic rings. The SMILES string of the molecule is CCn1cc2cc(CC(C)c3cc4ccccn4n3)ccc2n1. The number of rotatable bonds is 4. The van der Waals surface area contributed by atoms with Crippen LogP contribution < -0.4 is 0 Å². The second kappa shape index (κ2) is 5.54. The number of benzene rings is 1. The molecule has 4 nitrogen and oxygen atoms in total. The van der Waals surface area contributed by atoms with E-state index in [4.69, 9.17) is 0 Å². The summed E-state index contributed by atoms with van der Waals surface area (Å²) in [5, 5.41) is 10.4. The molecule has 3 aromatic heterocycles. The van der Waals surface area contributed by atoms with Crippen molar-refractivity contribution in [2.24, 2.45) is 0 Å². The predicted molar refractivity (Wildman–Crippen MR) is 92.7 cm³/mol. The maximum atomic E-state index is 4.69. The van der Waals surface area contributed by atoms with E-state index in [-0.39, 0.29) is 0 Å². The van der Waals surface area contributed by atoms with Crippen molar-refractivity contribution in [2.75, 3.05) is 0 Å². The number of hydrogen-bond acceptors (Lipinski definition) is 2. The van der Waals surface area contributed by atoms with Gasteiger partial charge in [-0.3, -0.25) is 4.68 Å². The summed E-state index contributed by atoms with van der Waals surface area (Å²) in [6.07, 6.45) is 5.10. The maximum Gasteiger partial charge on any atom is 0.0923 e. The first-order chi connectivity index (χ1) is 11.2. The molecular weight excluding hydrogens is 284 g/mol. The monoisotopic (exact) mass is 304 g/mol. The number of hydrogen-bond donors (Lipinski definition) is 0. The van der Waals surface area contributed by atoms with Crippen LogP contribution in [0.15, 0.2) is 54.9 Å². The molecule has 1 unspecified atom stereocenters. The van der Waals surface area contributed by atoms with Gasteiger partial charge in [-0.2, -0.15) is 10.2 Å². The summed E-state index contributed by atoms with van der Waals surface area (Å²) in [5.74, 6) is 0.383. The zero-order chi connectivity index (χ0) is 15.8. The van der Waals surface area contributed by atoms with Crippen molar-refractivity contribution in [1.82, 2.24) is 19.4 Å². The fraction of sp³-hybridized carbons (Fsp3) is 0.263. The molecule has 0 aliphatic heterocycles. The molecular formula is C19H20N4. The van der Waals surface area contributed by atoms with Gasteiger partial charge in [0.1, 0.15) is 0 Å². The molecule has 0 saturated heterocycles. The van der Waals surface area contributed by atoms with Crippen LogP contribution >= 0.6 is 0 Å². The first-order valence-corrected chi connectivity index (χ1v) is 8.13. The molecule has 4 aromatic rings. The Labute approximate surface area is 135 Å². The Balaban J connectivity index is 1.61. The van der Waals surface area contributed by atoms with Crippen molar-refractivity contribution < 1.29 is 0 Å². The molecule has 0 bridgehead atoms. The van der Waals surface area contributed by atoms with Gasteiger partial charge >= 0.3 is 0 Å². The lowest BCUT2D eigenvalue weighted by Crippen LogP contribution is -1.99. The molecule has 4 heteroatoms. The van der Waals surface area contributed by atoms with Gasteiger partial charge in [-0.25, -0.2) is 4.52 Å². The highest BCUT2D eigenvalue weighted by Crippen LogP contribution is 2.23. The number of aryl methyl sites for hydroxylation is 1. The summed E-state index contributed by atoms with van der Waals surface area (Å²) < 4.78 is 3.93. The maximum absolute atomic E-state index is 4.69. The van der Waals surface area contributed by atoms with E-state index in [1.54, 1.807) is 0 Å². The molecule has 4 rings (SSSR count). The highest BCUT2D eigenvalue weighted by molar-refractivity contribution is 5.78. The predicted octanol–water partition coefficient (Wildman–Crippen LogP) is 4.05. The van der Waals surface area contributed by atoms with Gasteiger partial charge in [-0.15, -0.1) is 0 Å². The van der Waals surface area contributed by atoms with E-state index in [9.17, 15) is 0 Å².